The van der Waals surface area contributed by atoms with E-state index in [0.717, 1.165) is 11.1 Å². The Bertz CT molecular complexity index is 523. The van der Waals surface area contributed by atoms with Crippen LogP contribution < -0.4 is 4.74 Å². The number of aromatic hydroxyl groups is 1. The van der Waals surface area contributed by atoms with Crippen LogP contribution in [-0.2, 0) is 6.61 Å². The van der Waals surface area contributed by atoms with Crippen molar-refractivity contribution in [2.45, 2.75) is 13.5 Å². The lowest BCUT2D eigenvalue weighted by Crippen LogP contribution is -1.99. The number of para-hydroxylation sites is 1. The number of hydrogen-bond acceptors (Lipinski definition) is 2. The lowest BCUT2D eigenvalue weighted by molar-refractivity contribution is 0.289. The van der Waals surface area contributed by atoms with E-state index >= 15 is 0 Å². The zero-order valence-electron chi connectivity index (χ0n) is 9.48. The van der Waals surface area contributed by atoms with Gasteiger partial charge in [0.2, 0.25) is 0 Å². The molecule has 0 aromatic heterocycles. The van der Waals surface area contributed by atoms with Gasteiger partial charge in [-0.1, -0.05) is 18.2 Å². The maximum absolute atomic E-state index is 13.3. The molecule has 0 aliphatic carbocycles. The van der Waals surface area contributed by atoms with E-state index in [1.165, 1.54) is 6.07 Å². The molecule has 2 aromatic carbocycles. The fraction of sp³-hybridized carbons (Fsp3) is 0.143. The van der Waals surface area contributed by atoms with Crippen molar-refractivity contribution in [1.82, 2.24) is 0 Å². The summed E-state index contributed by atoms with van der Waals surface area (Å²) in [6, 6.07) is 11.3. The summed E-state index contributed by atoms with van der Waals surface area (Å²) in [5, 5.41) is 9.27. The summed E-state index contributed by atoms with van der Waals surface area (Å²) in [4.78, 5) is 0. The summed E-state index contributed by atoms with van der Waals surface area (Å²) < 4.78 is 18.7. The monoisotopic (exact) mass is 232 g/mol. The SMILES string of the molecule is Cc1cc(O)ccc1COc1ccccc1F. The molecule has 0 aliphatic rings. The van der Waals surface area contributed by atoms with E-state index in [1.807, 2.05) is 6.92 Å². The van der Waals surface area contributed by atoms with Gasteiger partial charge in [-0.15, -0.1) is 0 Å². The van der Waals surface area contributed by atoms with Crippen LogP contribution >= 0.6 is 0 Å². The smallest absolute Gasteiger partial charge is 0.165 e. The molecule has 88 valence electrons. The average Bonchev–Trinajstić information content (AvgIpc) is 2.30. The Morgan fingerprint density at radius 3 is 2.65 bits per heavy atom. The maximum Gasteiger partial charge on any atom is 0.165 e. The number of halogens is 1. The lowest BCUT2D eigenvalue weighted by Gasteiger charge is -2.09. The molecular formula is C14H13FO2. The molecule has 1 N–H and O–H groups in total. The molecule has 0 fully saturated rings. The molecule has 0 saturated heterocycles. The second-order valence-electron chi connectivity index (χ2n) is 3.83. The number of ether oxygens (including phenoxy) is 1. The van der Waals surface area contributed by atoms with Crippen molar-refractivity contribution in [3.8, 4) is 11.5 Å². The number of benzene rings is 2. The van der Waals surface area contributed by atoms with Crippen molar-refractivity contribution >= 4 is 0 Å². The summed E-state index contributed by atoms with van der Waals surface area (Å²) in [5.74, 6) is 0.0843. The molecule has 0 aliphatic heterocycles. The second-order valence-corrected chi connectivity index (χ2v) is 3.83. The Kier molecular flexibility index (Phi) is 3.28. The zero-order valence-corrected chi connectivity index (χ0v) is 9.48. The van der Waals surface area contributed by atoms with Gasteiger partial charge >= 0.3 is 0 Å². The van der Waals surface area contributed by atoms with Crippen LogP contribution in [0.25, 0.3) is 0 Å². The highest BCUT2D eigenvalue weighted by Gasteiger charge is 2.04. The molecule has 0 heterocycles. The molecule has 0 radical (unpaired) electrons. The molecule has 0 atom stereocenters. The predicted molar refractivity (Wildman–Crippen MR) is 63.6 cm³/mol. The van der Waals surface area contributed by atoms with Gasteiger partial charge in [-0.3, -0.25) is 0 Å². The summed E-state index contributed by atoms with van der Waals surface area (Å²) in [6.45, 7) is 2.16. The van der Waals surface area contributed by atoms with Gasteiger partial charge in [-0.05, 0) is 42.3 Å². The van der Waals surface area contributed by atoms with Crippen LogP contribution in [0.2, 0.25) is 0 Å². The molecule has 3 heteroatoms. The summed E-state index contributed by atoms with van der Waals surface area (Å²) in [5.41, 5.74) is 1.84. The fourth-order valence-corrected chi connectivity index (χ4v) is 1.56. The van der Waals surface area contributed by atoms with Gasteiger partial charge in [0.05, 0.1) is 0 Å². The van der Waals surface area contributed by atoms with Crippen molar-refractivity contribution in [3.05, 3.63) is 59.4 Å². The van der Waals surface area contributed by atoms with Gasteiger partial charge in [-0.2, -0.15) is 0 Å². The number of aryl methyl sites for hydroxylation is 1. The van der Waals surface area contributed by atoms with E-state index in [4.69, 9.17) is 4.74 Å². The van der Waals surface area contributed by atoms with Gasteiger partial charge in [-0.25, -0.2) is 4.39 Å². The van der Waals surface area contributed by atoms with Gasteiger partial charge in [0.1, 0.15) is 12.4 Å². The van der Waals surface area contributed by atoms with Crippen LogP contribution in [-0.4, -0.2) is 5.11 Å². The second kappa shape index (κ2) is 4.87. The third-order valence-corrected chi connectivity index (χ3v) is 2.55. The van der Waals surface area contributed by atoms with Crippen molar-refractivity contribution in [2.24, 2.45) is 0 Å². The predicted octanol–water partition coefficient (Wildman–Crippen LogP) is 3.42. The third kappa shape index (κ3) is 2.75. The van der Waals surface area contributed by atoms with E-state index in [1.54, 1.807) is 36.4 Å². The lowest BCUT2D eigenvalue weighted by atomic mass is 10.1. The highest BCUT2D eigenvalue weighted by Crippen LogP contribution is 2.20. The summed E-state index contributed by atoms with van der Waals surface area (Å²) >= 11 is 0. The number of rotatable bonds is 3. The minimum atomic E-state index is -0.371. The van der Waals surface area contributed by atoms with Crippen LogP contribution in [0.1, 0.15) is 11.1 Å². The fourth-order valence-electron chi connectivity index (χ4n) is 1.56. The van der Waals surface area contributed by atoms with Crippen LogP contribution in [0.5, 0.6) is 11.5 Å². The molecular weight excluding hydrogens is 219 g/mol. The van der Waals surface area contributed by atoms with Crippen molar-refractivity contribution in [2.75, 3.05) is 0 Å². The molecule has 0 unspecified atom stereocenters. The first-order valence-corrected chi connectivity index (χ1v) is 5.32. The quantitative estimate of drug-likeness (QED) is 0.878. The van der Waals surface area contributed by atoms with Crippen LogP contribution in [0.15, 0.2) is 42.5 Å². The molecule has 0 spiro atoms. The standard InChI is InChI=1S/C14H13FO2/c1-10-8-12(16)7-6-11(10)9-17-14-5-3-2-4-13(14)15/h2-8,16H,9H2,1H3. The largest absolute Gasteiger partial charge is 0.508 e. The first-order valence-electron chi connectivity index (χ1n) is 5.32. The topological polar surface area (TPSA) is 29.5 Å². The number of hydrogen-bond donors (Lipinski definition) is 1. The highest BCUT2D eigenvalue weighted by molar-refractivity contribution is 5.34. The van der Waals surface area contributed by atoms with Gasteiger partial charge in [0.15, 0.2) is 11.6 Å². The Morgan fingerprint density at radius 1 is 1.18 bits per heavy atom. The van der Waals surface area contributed by atoms with E-state index < -0.39 is 0 Å². The number of phenols is 1. The molecule has 0 amide bonds. The Labute approximate surface area is 99.3 Å². The normalized spacial score (nSPS) is 10.2. The van der Waals surface area contributed by atoms with Gasteiger partial charge < -0.3 is 9.84 Å². The van der Waals surface area contributed by atoms with E-state index in [9.17, 15) is 9.50 Å². The van der Waals surface area contributed by atoms with Gasteiger partial charge in [0, 0.05) is 0 Å². The average molecular weight is 232 g/mol. The Morgan fingerprint density at radius 2 is 1.94 bits per heavy atom. The van der Waals surface area contributed by atoms with Crippen molar-refractivity contribution in [1.29, 1.82) is 0 Å². The minimum absolute atomic E-state index is 0.220. The van der Waals surface area contributed by atoms with Crippen LogP contribution in [0, 0.1) is 12.7 Å². The molecule has 2 rings (SSSR count). The molecule has 2 aromatic rings. The first-order chi connectivity index (χ1) is 8.16. The van der Waals surface area contributed by atoms with Crippen molar-refractivity contribution < 1.29 is 14.2 Å². The molecule has 17 heavy (non-hydrogen) atoms. The van der Waals surface area contributed by atoms with Crippen molar-refractivity contribution in [3.63, 3.8) is 0 Å². The first kappa shape index (κ1) is 11.5. The van der Waals surface area contributed by atoms with Crippen LogP contribution in [0.3, 0.4) is 0 Å². The van der Waals surface area contributed by atoms with E-state index in [2.05, 4.69) is 0 Å². The maximum atomic E-state index is 13.3. The van der Waals surface area contributed by atoms with Gasteiger partial charge in [0.25, 0.3) is 0 Å². The highest BCUT2D eigenvalue weighted by atomic mass is 19.1. The van der Waals surface area contributed by atoms with E-state index in [0.29, 0.717) is 0 Å². The third-order valence-electron chi connectivity index (χ3n) is 2.55. The molecule has 0 saturated carbocycles. The van der Waals surface area contributed by atoms with E-state index in [-0.39, 0.29) is 23.9 Å². The zero-order chi connectivity index (χ0) is 12.3. The minimum Gasteiger partial charge on any atom is -0.508 e. The van der Waals surface area contributed by atoms with Crippen LogP contribution in [0.4, 0.5) is 4.39 Å². The summed E-state index contributed by atoms with van der Waals surface area (Å²) in [7, 11) is 0. The Hall–Kier alpha value is -2.03. The Balaban J connectivity index is 2.10. The summed E-state index contributed by atoms with van der Waals surface area (Å²) in [6.07, 6.45) is 0. The molecule has 2 nitrogen and oxygen atoms in total. The molecule has 0 bridgehead atoms. The number of phenolic OH excluding ortho intramolecular Hbond substituents is 1.